The number of nitrogens with one attached hydrogen (secondary N) is 2. The van der Waals surface area contributed by atoms with Crippen LogP contribution in [0.4, 0.5) is 17.1 Å². The van der Waals surface area contributed by atoms with Crippen LogP contribution in [0.1, 0.15) is 20.7 Å². The number of nitrogen functional groups attached to an aromatic ring is 2. The lowest BCUT2D eigenvalue weighted by molar-refractivity contribution is 0.0880. The van der Waals surface area contributed by atoms with E-state index in [1.165, 1.54) is 6.07 Å². The number of nitrogens with two attached hydrogens (primary N) is 2. The van der Waals surface area contributed by atoms with E-state index in [1.54, 1.807) is 7.05 Å². The van der Waals surface area contributed by atoms with E-state index in [0.29, 0.717) is 5.69 Å². The van der Waals surface area contributed by atoms with Gasteiger partial charge in [0, 0.05) is 7.05 Å². The van der Waals surface area contributed by atoms with Crippen LogP contribution in [0.15, 0.2) is 6.07 Å². The van der Waals surface area contributed by atoms with Crippen molar-refractivity contribution in [3.63, 3.8) is 0 Å². The van der Waals surface area contributed by atoms with Gasteiger partial charge in [0.2, 0.25) is 0 Å². The van der Waals surface area contributed by atoms with Gasteiger partial charge in [0.15, 0.2) is 0 Å². The molecule has 15 heavy (non-hydrogen) atoms. The fourth-order valence-corrected chi connectivity index (χ4v) is 1.58. The van der Waals surface area contributed by atoms with E-state index in [4.69, 9.17) is 11.5 Å². The van der Waals surface area contributed by atoms with Crippen molar-refractivity contribution in [1.82, 2.24) is 5.32 Å². The molecule has 0 saturated carbocycles. The van der Waals surface area contributed by atoms with Gasteiger partial charge in [-0.25, -0.2) is 0 Å². The average Bonchev–Trinajstić information content (AvgIpc) is 2.47. The number of benzene rings is 1. The van der Waals surface area contributed by atoms with E-state index in [0.717, 1.165) is 0 Å². The number of fused-ring (bicyclic) bond motifs is 1. The van der Waals surface area contributed by atoms with Crippen LogP contribution < -0.4 is 22.1 Å². The van der Waals surface area contributed by atoms with Crippen molar-refractivity contribution in [2.24, 2.45) is 0 Å². The van der Waals surface area contributed by atoms with Crippen molar-refractivity contribution in [3.05, 3.63) is 17.2 Å². The summed E-state index contributed by atoms with van der Waals surface area (Å²) in [6.07, 6.45) is 0. The lowest BCUT2D eigenvalue weighted by atomic mass is 10.0. The zero-order chi connectivity index (χ0) is 11.2. The topological polar surface area (TPSA) is 110 Å². The summed E-state index contributed by atoms with van der Waals surface area (Å²) in [5.74, 6) is -0.944. The number of hydrogen-bond acceptors (Lipinski definition) is 5. The number of rotatable bonds is 1. The molecule has 1 aliphatic heterocycles. The Morgan fingerprint density at radius 3 is 2.47 bits per heavy atom. The predicted octanol–water partition coefficient (Wildman–Crippen LogP) is -0.224. The molecule has 0 aromatic heterocycles. The van der Waals surface area contributed by atoms with Crippen LogP contribution in [0.5, 0.6) is 0 Å². The van der Waals surface area contributed by atoms with E-state index in [1.807, 2.05) is 0 Å². The highest BCUT2D eigenvalue weighted by molar-refractivity contribution is 6.25. The van der Waals surface area contributed by atoms with E-state index >= 15 is 0 Å². The Hall–Kier alpha value is -2.24. The van der Waals surface area contributed by atoms with Gasteiger partial charge >= 0.3 is 0 Å². The molecule has 0 fully saturated rings. The van der Waals surface area contributed by atoms with Crippen LogP contribution >= 0.6 is 0 Å². The Bertz CT molecular complexity index is 481. The van der Waals surface area contributed by atoms with Crippen LogP contribution in [-0.4, -0.2) is 18.9 Å². The van der Waals surface area contributed by atoms with Gasteiger partial charge in [-0.1, -0.05) is 0 Å². The normalized spacial score (nSPS) is 13.7. The minimum Gasteiger partial charge on any atom is -0.396 e. The summed E-state index contributed by atoms with van der Waals surface area (Å²) in [5.41, 5.74) is 12.8. The number of carbonyl (C=O) groups is 2. The Balaban J connectivity index is 2.77. The summed E-state index contributed by atoms with van der Waals surface area (Å²) < 4.78 is 0. The van der Waals surface area contributed by atoms with Gasteiger partial charge in [0.25, 0.3) is 11.8 Å². The third-order valence-electron chi connectivity index (χ3n) is 2.38. The first-order valence-corrected chi connectivity index (χ1v) is 4.31. The van der Waals surface area contributed by atoms with Crippen molar-refractivity contribution in [2.45, 2.75) is 0 Å². The summed E-state index contributed by atoms with van der Waals surface area (Å²) in [7, 11) is 1.66. The summed E-state index contributed by atoms with van der Waals surface area (Å²) in [4.78, 5) is 22.7. The van der Waals surface area contributed by atoms with E-state index < -0.39 is 11.8 Å². The summed E-state index contributed by atoms with van der Waals surface area (Å²) in [6.45, 7) is 0. The molecule has 0 unspecified atom stereocenters. The highest BCUT2D eigenvalue weighted by Crippen LogP contribution is 2.33. The van der Waals surface area contributed by atoms with E-state index in [-0.39, 0.29) is 22.5 Å². The van der Waals surface area contributed by atoms with Gasteiger partial charge in [-0.05, 0) is 6.07 Å². The summed E-state index contributed by atoms with van der Waals surface area (Å²) in [6, 6.07) is 1.52. The molecule has 0 bridgehead atoms. The Morgan fingerprint density at radius 1 is 1.20 bits per heavy atom. The standard InChI is InChI=1S/C9H10N4O2/c1-12-4-2-3-5(7(11)6(4)10)9(15)13-8(3)14/h2,12H,10-11H2,1H3,(H,13,14,15). The minimum absolute atomic E-state index is 0.139. The van der Waals surface area contributed by atoms with Crippen molar-refractivity contribution in [3.8, 4) is 0 Å². The molecule has 1 aromatic carbocycles. The molecule has 1 aliphatic rings. The molecule has 0 spiro atoms. The maximum atomic E-state index is 11.4. The molecule has 0 atom stereocenters. The molecule has 78 valence electrons. The lowest BCUT2D eigenvalue weighted by Gasteiger charge is -2.10. The van der Waals surface area contributed by atoms with Gasteiger partial charge in [-0.3, -0.25) is 14.9 Å². The molecular formula is C9H10N4O2. The SMILES string of the molecule is CNc1cc2c(c(N)c1N)C(=O)NC2=O. The molecule has 0 saturated heterocycles. The number of amides is 2. The van der Waals surface area contributed by atoms with Crippen molar-refractivity contribution in [2.75, 3.05) is 23.8 Å². The largest absolute Gasteiger partial charge is 0.396 e. The first-order valence-electron chi connectivity index (χ1n) is 4.31. The van der Waals surface area contributed by atoms with Crippen molar-refractivity contribution < 1.29 is 9.59 Å². The van der Waals surface area contributed by atoms with Gasteiger partial charge in [-0.2, -0.15) is 0 Å². The lowest BCUT2D eigenvalue weighted by Crippen LogP contribution is -2.20. The number of hydrogen-bond donors (Lipinski definition) is 4. The molecule has 1 aromatic rings. The summed E-state index contributed by atoms with van der Waals surface area (Å²) in [5, 5.41) is 4.97. The Morgan fingerprint density at radius 2 is 1.87 bits per heavy atom. The average molecular weight is 206 g/mol. The maximum Gasteiger partial charge on any atom is 0.261 e. The van der Waals surface area contributed by atoms with Gasteiger partial charge in [0.1, 0.15) is 0 Å². The number of imide groups is 1. The van der Waals surface area contributed by atoms with Gasteiger partial charge in [-0.15, -0.1) is 0 Å². The quantitative estimate of drug-likeness (QED) is 0.375. The first-order chi connectivity index (χ1) is 7.06. The van der Waals surface area contributed by atoms with E-state index in [9.17, 15) is 9.59 Å². The third kappa shape index (κ3) is 1.11. The van der Waals surface area contributed by atoms with Gasteiger partial charge < -0.3 is 16.8 Å². The molecule has 0 radical (unpaired) electrons. The molecular weight excluding hydrogens is 196 g/mol. The second-order valence-corrected chi connectivity index (χ2v) is 3.21. The van der Waals surface area contributed by atoms with Crippen LogP contribution in [0.3, 0.4) is 0 Å². The molecule has 0 aliphatic carbocycles. The van der Waals surface area contributed by atoms with Crippen LogP contribution in [0.25, 0.3) is 0 Å². The predicted molar refractivity (Wildman–Crippen MR) is 56.6 cm³/mol. The molecule has 1 heterocycles. The van der Waals surface area contributed by atoms with Crippen molar-refractivity contribution >= 4 is 28.9 Å². The monoisotopic (exact) mass is 206 g/mol. The van der Waals surface area contributed by atoms with Crippen LogP contribution in [-0.2, 0) is 0 Å². The Labute approximate surface area is 85.6 Å². The maximum absolute atomic E-state index is 11.4. The first kappa shape index (κ1) is 9.32. The molecule has 6 nitrogen and oxygen atoms in total. The smallest absolute Gasteiger partial charge is 0.261 e. The highest BCUT2D eigenvalue weighted by Gasteiger charge is 2.31. The van der Waals surface area contributed by atoms with E-state index in [2.05, 4.69) is 10.6 Å². The second kappa shape index (κ2) is 2.88. The highest BCUT2D eigenvalue weighted by atomic mass is 16.2. The number of carbonyl (C=O) groups excluding carboxylic acids is 2. The van der Waals surface area contributed by atoms with Crippen LogP contribution in [0, 0.1) is 0 Å². The summed E-state index contributed by atoms with van der Waals surface area (Å²) >= 11 is 0. The fourth-order valence-electron chi connectivity index (χ4n) is 1.58. The molecule has 6 heteroatoms. The molecule has 6 N–H and O–H groups in total. The third-order valence-corrected chi connectivity index (χ3v) is 2.38. The molecule has 2 amide bonds. The minimum atomic E-state index is -0.498. The zero-order valence-electron chi connectivity index (χ0n) is 8.05. The fraction of sp³-hybridized carbons (Fsp3) is 0.111. The second-order valence-electron chi connectivity index (χ2n) is 3.21. The number of anilines is 3. The van der Waals surface area contributed by atoms with Crippen LogP contribution in [0.2, 0.25) is 0 Å². The molecule has 2 rings (SSSR count). The van der Waals surface area contributed by atoms with Gasteiger partial charge in [0.05, 0.1) is 28.2 Å². The van der Waals surface area contributed by atoms with Crippen molar-refractivity contribution in [1.29, 1.82) is 0 Å². The Kier molecular flexibility index (Phi) is 1.79. The zero-order valence-corrected chi connectivity index (χ0v) is 8.05.